The fourth-order valence-corrected chi connectivity index (χ4v) is 1.82. The molecule has 3 rings (SSSR count). The lowest BCUT2D eigenvalue weighted by Gasteiger charge is -2.03. The maximum atomic E-state index is 4.46. The summed E-state index contributed by atoms with van der Waals surface area (Å²) >= 11 is 0. The molecule has 0 saturated heterocycles. The average molecular weight is 194 g/mol. The molecule has 15 heavy (non-hydrogen) atoms. The third-order valence-electron chi connectivity index (χ3n) is 2.54. The molecule has 2 aromatic rings. The number of nitrogens with zero attached hydrogens (tertiary/aromatic N) is 2. The van der Waals surface area contributed by atoms with E-state index in [4.69, 9.17) is 0 Å². The van der Waals surface area contributed by atoms with E-state index in [2.05, 4.69) is 40.3 Å². The van der Waals surface area contributed by atoms with Crippen molar-refractivity contribution < 1.29 is 0 Å². The van der Waals surface area contributed by atoms with Crippen LogP contribution < -0.4 is 0 Å². The van der Waals surface area contributed by atoms with Crippen molar-refractivity contribution >= 4 is 28.9 Å². The first-order chi connectivity index (χ1) is 7.45. The normalized spacial score (nSPS) is 13.9. The molecule has 1 aromatic heterocycles. The number of fused-ring (bicyclic) bond motifs is 3. The Hall–Kier alpha value is -1.96. The molecule has 1 aliphatic heterocycles. The summed E-state index contributed by atoms with van der Waals surface area (Å²) in [6.07, 6.45) is 8.85. The van der Waals surface area contributed by atoms with Crippen LogP contribution in [0, 0.1) is 0 Å². The van der Waals surface area contributed by atoms with Crippen molar-refractivity contribution in [3.63, 3.8) is 0 Å². The van der Waals surface area contributed by atoms with E-state index in [1.165, 1.54) is 0 Å². The van der Waals surface area contributed by atoms with Gasteiger partial charge in [-0.2, -0.15) is 0 Å². The minimum Gasteiger partial charge on any atom is -0.258 e. The van der Waals surface area contributed by atoms with E-state index >= 15 is 0 Å². The molecule has 0 radical (unpaired) electrons. The molecule has 1 aliphatic rings. The van der Waals surface area contributed by atoms with E-state index in [-0.39, 0.29) is 0 Å². The molecule has 2 heteroatoms. The highest BCUT2D eigenvalue weighted by atomic mass is 14.8. The number of benzene rings is 1. The maximum absolute atomic E-state index is 4.46. The van der Waals surface area contributed by atoms with Gasteiger partial charge in [-0.1, -0.05) is 30.4 Å². The molecule has 2 nitrogen and oxygen atoms in total. The van der Waals surface area contributed by atoms with E-state index < -0.39 is 0 Å². The van der Waals surface area contributed by atoms with Gasteiger partial charge in [0, 0.05) is 29.8 Å². The van der Waals surface area contributed by atoms with Crippen LogP contribution >= 0.6 is 0 Å². The topological polar surface area (TPSA) is 25.2 Å². The number of aromatic nitrogens is 1. The summed E-state index contributed by atoms with van der Waals surface area (Å²) in [4.78, 5) is 8.85. The van der Waals surface area contributed by atoms with Gasteiger partial charge in [-0.05, 0) is 6.07 Å². The summed E-state index contributed by atoms with van der Waals surface area (Å²) in [6.45, 7) is 0. The first-order valence-corrected chi connectivity index (χ1v) is 5.02. The number of aliphatic imine (C=N–C) groups is 1. The fourth-order valence-electron chi connectivity index (χ4n) is 1.82. The second kappa shape index (κ2) is 3.31. The molecule has 0 unspecified atom stereocenters. The van der Waals surface area contributed by atoms with Crippen molar-refractivity contribution in [2.75, 3.05) is 0 Å². The van der Waals surface area contributed by atoms with Gasteiger partial charge in [0.25, 0.3) is 0 Å². The van der Waals surface area contributed by atoms with Crippen molar-refractivity contribution in [2.45, 2.75) is 6.42 Å². The van der Waals surface area contributed by atoms with Crippen molar-refractivity contribution in [3.05, 3.63) is 42.1 Å². The highest BCUT2D eigenvalue weighted by Crippen LogP contribution is 2.30. The summed E-state index contributed by atoms with van der Waals surface area (Å²) in [6, 6.07) is 8.20. The molecule has 0 saturated carbocycles. The lowest BCUT2D eigenvalue weighted by atomic mass is 10.1. The molecule has 0 fully saturated rings. The number of pyridine rings is 1. The van der Waals surface area contributed by atoms with Gasteiger partial charge in [0.05, 0.1) is 11.2 Å². The van der Waals surface area contributed by atoms with Gasteiger partial charge in [-0.3, -0.25) is 9.98 Å². The standard InChI is InChI=1S/C13H10N2/c1-2-8-14-12-10(4-1)6-7-11-5-3-9-15-13(11)12/h1,3-9H,2H2. The fraction of sp³-hybridized carbons (Fsp3) is 0.0769. The van der Waals surface area contributed by atoms with Gasteiger partial charge < -0.3 is 0 Å². The molecular weight excluding hydrogens is 184 g/mol. The van der Waals surface area contributed by atoms with Gasteiger partial charge in [-0.25, -0.2) is 0 Å². The van der Waals surface area contributed by atoms with Gasteiger partial charge in [-0.15, -0.1) is 0 Å². The second-order valence-corrected chi connectivity index (χ2v) is 3.53. The third kappa shape index (κ3) is 1.34. The molecule has 0 aliphatic carbocycles. The largest absolute Gasteiger partial charge is 0.258 e. The van der Waals surface area contributed by atoms with Gasteiger partial charge in [0.2, 0.25) is 0 Å². The molecular formula is C13H10N2. The number of hydrogen-bond acceptors (Lipinski definition) is 2. The van der Waals surface area contributed by atoms with E-state index in [1.54, 1.807) is 0 Å². The Morgan fingerprint density at radius 3 is 3.13 bits per heavy atom. The SMILES string of the molecule is C1=Cc2ccc3cccnc3c2N=CC1. The lowest BCUT2D eigenvalue weighted by Crippen LogP contribution is -1.81. The molecule has 0 amide bonds. The van der Waals surface area contributed by atoms with E-state index in [1.807, 2.05) is 18.5 Å². The summed E-state index contributed by atoms with van der Waals surface area (Å²) < 4.78 is 0. The zero-order valence-electron chi connectivity index (χ0n) is 8.22. The van der Waals surface area contributed by atoms with Crippen LogP contribution in [0.2, 0.25) is 0 Å². The van der Waals surface area contributed by atoms with Gasteiger partial charge in [0.15, 0.2) is 0 Å². The Morgan fingerprint density at radius 2 is 2.13 bits per heavy atom. The maximum Gasteiger partial charge on any atom is 0.0964 e. The predicted molar refractivity (Wildman–Crippen MR) is 63.5 cm³/mol. The second-order valence-electron chi connectivity index (χ2n) is 3.53. The highest BCUT2D eigenvalue weighted by Gasteiger charge is 2.06. The third-order valence-corrected chi connectivity index (χ3v) is 2.54. The van der Waals surface area contributed by atoms with Crippen LogP contribution in [0.4, 0.5) is 5.69 Å². The smallest absolute Gasteiger partial charge is 0.0964 e. The minimum absolute atomic E-state index is 0.892. The van der Waals surface area contributed by atoms with Crippen LogP contribution in [0.25, 0.3) is 17.0 Å². The zero-order valence-corrected chi connectivity index (χ0v) is 8.22. The molecule has 0 atom stereocenters. The molecule has 72 valence electrons. The minimum atomic E-state index is 0.892. The summed E-state index contributed by atoms with van der Waals surface area (Å²) in [5.74, 6) is 0. The van der Waals surface area contributed by atoms with Crippen LogP contribution in [0.3, 0.4) is 0 Å². The van der Waals surface area contributed by atoms with Crippen LogP contribution in [0.1, 0.15) is 12.0 Å². The van der Waals surface area contributed by atoms with Crippen molar-refractivity contribution in [2.24, 2.45) is 4.99 Å². The highest BCUT2D eigenvalue weighted by molar-refractivity contribution is 5.95. The first kappa shape index (κ1) is 8.36. The average Bonchev–Trinajstić information content (AvgIpc) is 2.54. The van der Waals surface area contributed by atoms with Crippen molar-refractivity contribution in [1.29, 1.82) is 0 Å². The quantitative estimate of drug-likeness (QED) is 0.631. The van der Waals surface area contributed by atoms with Crippen molar-refractivity contribution in [3.8, 4) is 0 Å². The number of hydrogen-bond donors (Lipinski definition) is 0. The molecule has 1 aromatic carbocycles. The van der Waals surface area contributed by atoms with Crippen molar-refractivity contribution in [1.82, 2.24) is 4.98 Å². The van der Waals surface area contributed by atoms with Crippen LogP contribution in [-0.2, 0) is 0 Å². The summed E-state index contributed by atoms with van der Waals surface area (Å²) in [7, 11) is 0. The Balaban J connectivity index is 2.42. The summed E-state index contributed by atoms with van der Waals surface area (Å²) in [5, 5.41) is 1.14. The van der Waals surface area contributed by atoms with E-state index in [9.17, 15) is 0 Å². The Morgan fingerprint density at radius 1 is 1.13 bits per heavy atom. The zero-order chi connectivity index (χ0) is 10.1. The molecule has 0 spiro atoms. The Bertz CT molecular complexity index is 568. The van der Waals surface area contributed by atoms with Crippen LogP contribution in [0.5, 0.6) is 0 Å². The lowest BCUT2D eigenvalue weighted by molar-refractivity contribution is 1.39. The Kier molecular flexibility index (Phi) is 1.85. The number of rotatable bonds is 0. The van der Waals surface area contributed by atoms with Crippen LogP contribution in [0.15, 0.2) is 41.5 Å². The van der Waals surface area contributed by atoms with Crippen LogP contribution in [-0.4, -0.2) is 11.2 Å². The molecule has 2 heterocycles. The van der Waals surface area contributed by atoms with Gasteiger partial charge >= 0.3 is 0 Å². The monoisotopic (exact) mass is 194 g/mol. The molecule has 0 bridgehead atoms. The Labute approximate surface area is 88.0 Å². The predicted octanol–water partition coefficient (Wildman–Crippen LogP) is 3.35. The molecule has 0 N–H and O–H groups in total. The van der Waals surface area contributed by atoms with Gasteiger partial charge in [0.1, 0.15) is 0 Å². The first-order valence-electron chi connectivity index (χ1n) is 5.02. The van der Waals surface area contributed by atoms with E-state index in [0.717, 1.165) is 28.6 Å². The number of allylic oxidation sites excluding steroid dienone is 1. The van der Waals surface area contributed by atoms with E-state index in [0.29, 0.717) is 0 Å². The summed E-state index contributed by atoms with van der Waals surface area (Å²) in [5.41, 5.74) is 3.12.